The molecule has 60 valence electrons. The summed E-state index contributed by atoms with van der Waals surface area (Å²) in [7, 11) is 0. The molecule has 1 aromatic carbocycles. The van der Waals surface area contributed by atoms with Crippen LogP contribution in [-0.4, -0.2) is 0 Å². The van der Waals surface area contributed by atoms with Crippen molar-refractivity contribution in [1.29, 1.82) is 0 Å². The Bertz CT molecular complexity index is 267. The zero-order valence-corrected chi connectivity index (χ0v) is 6.62. The molecule has 0 saturated carbocycles. The minimum absolute atomic E-state index is 0.449. The van der Waals surface area contributed by atoms with Crippen LogP contribution in [-0.2, 0) is 6.42 Å². The molecule has 0 aromatic heterocycles. The van der Waals surface area contributed by atoms with Gasteiger partial charge in [-0.15, -0.1) is 0 Å². The predicted octanol–water partition coefficient (Wildman–Crippen LogP) is 2.84. The smallest absolute Gasteiger partial charge is 0.129 e. The molecule has 0 unspecified atom stereocenters. The molecule has 0 aliphatic rings. The molecule has 0 spiro atoms. The molecule has 0 aliphatic heterocycles. The van der Waals surface area contributed by atoms with Crippen LogP contribution in [0.15, 0.2) is 12.1 Å². The van der Waals surface area contributed by atoms with Crippen LogP contribution < -0.4 is 0 Å². The average molecular weight is 156 g/mol. The average Bonchev–Trinajstić information content (AvgIpc) is 1.97. The van der Waals surface area contributed by atoms with Gasteiger partial charge in [0.25, 0.3) is 0 Å². The van der Waals surface area contributed by atoms with Crippen molar-refractivity contribution in [2.24, 2.45) is 0 Å². The molecule has 0 fully saturated rings. The summed E-state index contributed by atoms with van der Waals surface area (Å²) in [5, 5.41) is 0. The summed E-state index contributed by atoms with van der Waals surface area (Å²) in [4.78, 5) is 0. The maximum Gasteiger partial charge on any atom is 0.129 e. The molecule has 0 N–H and O–H groups in total. The Morgan fingerprint density at radius 1 is 1.18 bits per heavy atom. The maximum absolute atomic E-state index is 12.8. The summed E-state index contributed by atoms with van der Waals surface area (Å²) in [6, 6.07) is 2.48. The van der Waals surface area contributed by atoms with Crippen LogP contribution in [0.5, 0.6) is 0 Å². The van der Waals surface area contributed by atoms with Crippen LogP contribution >= 0.6 is 0 Å². The Morgan fingerprint density at radius 2 is 1.82 bits per heavy atom. The molecule has 0 atom stereocenters. The van der Waals surface area contributed by atoms with Gasteiger partial charge in [-0.25, -0.2) is 8.78 Å². The van der Waals surface area contributed by atoms with Crippen LogP contribution in [0.25, 0.3) is 0 Å². The third kappa shape index (κ3) is 1.56. The second-order valence-corrected chi connectivity index (χ2v) is 2.55. The Morgan fingerprint density at radius 3 is 2.36 bits per heavy atom. The Balaban J connectivity index is 3.21. The van der Waals surface area contributed by atoms with E-state index in [-0.39, 0.29) is 0 Å². The van der Waals surface area contributed by atoms with E-state index >= 15 is 0 Å². The number of benzene rings is 1. The number of rotatable bonds is 1. The zero-order chi connectivity index (χ0) is 8.43. The van der Waals surface area contributed by atoms with Gasteiger partial charge in [-0.3, -0.25) is 0 Å². The fourth-order valence-corrected chi connectivity index (χ4v) is 0.988. The van der Waals surface area contributed by atoms with E-state index in [2.05, 4.69) is 0 Å². The van der Waals surface area contributed by atoms with Crippen molar-refractivity contribution in [2.75, 3.05) is 0 Å². The molecule has 0 radical (unpaired) electrons. The number of aryl methyl sites for hydroxylation is 2. The molecule has 2 heteroatoms. The second kappa shape index (κ2) is 2.99. The van der Waals surface area contributed by atoms with Crippen molar-refractivity contribution < 1.29 is 8.78 Å². The monoisotopic (exact) mass is 156 g/mol. The van der Waals surface area contributed by atoms with Gasteiger partial charge < -0.3 is 0 Å². The highest BCUT2D eigenvalue weighted by Crippen LogP contribution is 2.14. The summed E-state index contributed by atoms with van der Waals surface area (Å²) >= 11 is 0. The van der Waals surface area contributed by atoms with Gasteiger partial charge in [0.05, 0.1) is 0 Å². The summed E-state index contributed by atoms with van der Waals surface area (Å²) in [5.41, 5.74) is 1.08. The van der Waals surface area contributed by atoms with Crippen molar-refractivity contribution in [2.45, 2.75) is 20.3 Å². The van der Waals surface area contributed by atoms with Crippen LogP contribution in [0.1, 0.15) is 18.1 Å². The molecule has 0 aliphatic carbocycles. The normalized spacial score (nSPS) is 10.2. The molecule has 0 amide bonds. The summed E-state index contributed by atoms with van der Waals surface area (Å²) in [5.74, 6) is -0.921. The lowest BCUT2D eigenvalue weighted by Gasteiger charge is -2.01. The van der Waals surface area contributed by atoms with Crippen molar-refractivity contribution in [1.82, 2.24) is 0 Å². The quantitative estimate of drug-likeness (QED) is 0.586. The first-order valence-corrected chi connectivity index (χ1v) is 3.59. The number of halogens is 2. The molecule has 0 bridgehead atoms. The van der Waals surface area contributed by atoms with Crippen molar-refractivity contribution in [3.8, 4) is 0 Å². The molecule has 1 aromatic rings. The molecule has 0 nitrogen and oxygen atoms in total. The molecule has 0 heterocycles. The van der Waals surface area contributed by atoms with E-state index < -0.39 is 11.6 Å². The van der Waals surface area contributed by atoms with Gasteiger partial charge in [0.2, 0.25) is 0 Å². The predicted molar refractivity (Wildman–Crippen MR) is 40.5 cm³/mol. The van der Waals surface area contributed by atoms with Crippen molar-refractivity contribution in [3.63, 3.8) is 0 Å². The fraction of sp³-hybridized carbons (Fsp3) is 0.333. The molecular formula is C9H10F2. The Labute approximate surface area is 64.9 Å². The fourth-order valence-electron chi connectivity index (χ4n) is 0.988. The maximum atomic E-state index is 12.8. The third-order valence-corrected chi connectivity index (χ3v) is 1.71. The standard InChI is InChI=1S/C9H10F2/c1-3-7-4-6(2)8(10)5-9(7)11/h4-5H,3H2,1-2H3. The van der Waals surface area contributed by atoms with E-state index in [9.17, 15) is 8.78 Å². The molecule has 0 saturated heterocycles. The van der Waals surface area contributed by atoms with Crippen LogP contribution in [0.3, 0.4) is 0 Å². The highest BCUT2D eigenvalue weighted by Gasteiger charge is 2.04. The first-order valence-electron chi connectivity index (χ1n) is 3.59. The van der Waals surface area contributed by atoms with Gasteiger partial charge in [0, 0.05) is 6.07 Å². The summed E-state index contributed by atoms with van der Waals surface area (Å²) < 4.78 is 25.4. The van der Waals surface area contributed by atoms with E-state index in [4.69, 9.17) is 0 Å². The SMILES string of the molecule is CCc1cc(C)c(F)cc1F. The largest absolute Gasteiger partial charge is 0.207 e. The van der Waals surface area contributed by atoms with E-state index in [1.807, 2.05) is 6.92 Å². The zero-order valence-electron chi connectivity index (χ0n) is 6.62. The van der Waals surface area contributed by atoms with Gasteiger partial charge in [-0.2, -0.15) is 0 Å². The van der Waals surface area contributed by atoms with Gasteiger partial charge >= 0.3 is 0 Å². The lowest BCUT2D eigenvalue weighted by Crippen LogP contribution is -1.92. The molecule has 1 rings (SSSR count). The van der Waals surface area contributed by atoms with E-state index in [1.54, 1.807) is 13.0 Å². The van der Waals surface area contributed by atoms with Gasteiger partial charge in [-0.05, 0) is 24.5 Å². The second-order valence-electron chi connectivity index (χ2n) is 2.55. The first-order chi connectivity index (χ1) is 5.15. The summed E-state index contributed by atoms with van der Waals surface area (Å²) in [6.45, 7) is 3.48. The minimum Gasteiger partial charge on any atom is -0.207 e. The topological polar surface area (TPSA) is 0 Å². The Hall–Kier alpha value is -0.920. The van der Waals surface area contributed by atoms with Crippen molar-refractivity contribution in [3.05, 3.63) is 34.9 Å². The van der Waals surface area contributed by atoms with Gasteiger partial charge in [0.15, 0.2) is 0 Å². The van der Waals surface area contributed by atoms with Crippen LogP contribution in [0.2, 0.25) is 0 Å². The first kappa shape index (κ1) is 8.18. The van der Waals surface area contributed by atoms with E-state index in [1.165, 1.54) is 0 Å². The van der Waals surface area contributed by atoms with Crippen molar-refractivity contribution >= 4 is 0 Å². The third-order valence-electron chi connectivity index (χ3n) is 1.71. The lowest BCUT2D eigenvalue weighted by atomic mass is 10.1. The highest BCUT2D eigenvalue weighted by atomic mass is 19.1. The minimum atomic E-state index is -0.472. The number of hydrogen-bond donors (Lipinski definition) is 0. The summed E-state index contributed by atoms with van der Waals surface area (Å²) in [6.07, 6.45) is 0.604. The van der Waals surface area contributed by atoms with E-state index in [0.717, 1.165) is 6.07 Å². The Kier molecular flexibility index (Phi) is 2.22. The lowest BCUT2D eigenvalue weighted by molar-refractivity contribution is 0.568. The molecule has 11 heavy (non-hydrogen) atoms. The molecular weight excluding hydrogens is 146 g/mol. The van der Waals surface area contributed by atoms with Gasteiger partial charge in [-0.1, -0.05) is 13.0 Å². The van der Waals surface area contributed by atoms with Crippen LogP contribution in [0, 0.1) is 18.6 Å². The van der Waals surface area contributed by atoms with Crippen LogP contribution in [0.4, 0.5) is 8.78 Å². The highest BCUT2D eigenvalue weighted by molar-refractivity contribution is 5.25. The van der Waals surface area contributed by atoms with E-state index in [0.29, 0.717) is 17.5 Å². The number of hydrogen-bond acceptors (Lipinski definition) is 0. The van der Waals surface area contributed by atoms with Gasteiger partial charge in [0.1, 0.15) is 11.6 Å².